The molecule has 4 rings (SSSR count). The standard InChI is InChI=1S/C20H26FN5O2S/c1-16-15-19(23-20(22-16)25-9-5-2-6-10-25)24-11-13-26(14-12-24)29(27,28)18-8-4-3-7-17(18)21/h3-4,7-8,15H,2,5-6,9-14H2,1H3. The van der Waals surface area contributed by atoms with Crippen LogP contribution in [0.2, 0.25) is 0 Å². The Balaban J connectivity index is 1.48. The average Bonchev–Trinajstić information content (AvgIpc) is 2.74. The smallest absolute Gasteiger partial charge is 0.246 e. The molecular formula is C20H26FN5O2S. The molecule has 2 saturated heterocycles. The maximum Gasteiger partial charge on any atom is 0.246 e. The summed E-state index contributed by atoms with van der Waals surface area (Å²) in [6, 6.07) is 7.46. The second kappa shape index (κ2) is 8.23. The lowest BCUT2D eigenvalue weighted by molar-refractivity contribution is 0.381. The van der Waals surface area contributed by atoms with Crippen LogP contribution in [0.1, 0.15) is 25.0 Å². The molecule has 156 valence electrons. The summed E-state index contributed by atoms with van der Waals surface area (Å²) in [6.07, 6.45) is 3.55. The SMILES string of the molecule is Cc1cc(N2CCN(S(=O)(=O)c3ccccc3F)CC2)nc(N2CCCCC2)n1. The normalized spacial score (nSPS) is 18.8. The van der Waals surface area contributed by atoms with Crippen molar-refractivity contribution in [3.63, 3.8) is 0 Å². The molecule has 0 bridgehead atoms. The third kappa shape index (κ3) is 4.20. The van der Waals surface area contributed by atoms with Gasteiger partial charge in [-0.1, -0.05) is 12.1 Å². The minimum absolute atomic E-state index is 0.265. The van der Waals surface area contributed by atoms with Crippen LogP contribution >= 0.6 is 0 Å². The predicted molar refractivity (Wildman–Crippen MR) is 110 cm³/mol. The summed E-state index contributed by atoms with van der Waals surface area (Å²) in [5.41, 5.74) is 0.900. The number of hydrogen-bond donors (Lipinski definition) is 0. The average molecular weight is 420 g/mol. The van der Waals surface area contributed by atoms with E-state index in [4.69, 9.17) is 4.98 Å². The second-order valence-electron chi connectivity index (χ2n) is 7.54. The van der Waals surface area contributed by atoms with Crippen LogP contribution in [-0.4, -0.2) is 62.0 Å². The number of piperazine rings is 1. The number of nitrogens with zero attached hydrogens (tertiary/aromatic N) is 5. The molecule has 9 heteroatoms. The van der Waals surface area contributed by atoms with E-state index < -0.39 is 15.8 Å². The van der Waals surface area contributed by atoms with Crippen LogP contribution in [0.15, 0.2) is 35.2 Å². The summed E-state index contributed by atoms with van der Waals surface area (Å²) >= 11 is 0. The third-order valence-electron chi connectivity index (χ3n) is 5.48. The Bertz CT molecular complexity index is 971. The highest BCUT2D eigenvalue weighted by molar-refractivity contribution is 7.89. The van der Waals surface area contributed by atoms with Gasteiger partial charge < -0.3 is 9.80 Å². The largest absolute Gasteiger partial charge is 0.354 e. The Hall–Kier alpha value is -2.26. The summed E-state index contributed by atoms with van der Waals surface area (Å²) in [5.74, 6) is 0.856. The second-order valence-corrected chi connectivity index (χ2v) is 9.44. The van der Waals surface area contributed by atoms with Gasteiger partial charge >= 0.3 is 0 Å². The van der Waals surface area contributed by atoms with E-state index in [1.165, 1.54) is 35.0 Å². The molecule has 29 heavy (non-hydrogen) atoms. The molecule has 2 aliphatic heterocycles. The van der Waals surface area contributed by atoms with Gasteiger partial charge in [0.25, 0.3) is 0 Å². The van der Waals surface area contributed by atoms with Crippen molar-refractivity contribution in [2.75, 3.05) is 49.1 Å². The van der Waals surface area contributed by atoms with Gasteiger partial charge in [0.05, 0.1) is 0 Å². The fourth-order valence-corrected chi connectivity index (χ4v) is 5.37. The maximum absolute atomic E-state index is 14.0. The summed E-state index contributed by atoms with van der Waals surface area (Å²) in [5, 5.41) is 0. The zero-order chi connectivity index (χ0) is 20.4. The van der Waals surface area contributed by atoms with E-state index in [9.17, 15) is 12.8 Å². The summed E-state index contributed by atoms with van der Waals surface area (Å²) < 4.78 is 41.0. The third-order valence-corrected chi connectivity index (χ3v) is 7.42. The van der Waals surface area contributed by atoms with Crippen LogP contribution in [0.5, 0.6) is 0 Å². The number of aromatic nitrogens is 2. The van der Waals surface area contributed by atoms with Crippen molar-refractivity contribution in [3.05, 3.63) is 41.8 Å². The number of piperidine rings is 1. The number of benzene rings is 1. The first kappa shape index (κ1) is 20.0. The van der Waals surface area contributed by atoms with Crippen molar-refractivity contribution in [2.24, 2.45) is 0 Å². The lowest BCUT2D eigenvalue weighted by Crippen LogP contribution is -2.49. The van der Waals surface area contributed by atoms with E-state index in [1.54, 1.807) is 0 Å². The van der Waals surface area contributed by atoms with Gasteiger partial charge in [-0.25, -0.2) is 17.8 Å². The Morgan fingerprint density at radius 2 is 1.59 bits per heavy atom. The van der Waals surface area contributed by atoms with Crippen molar-refractivity contribution < 1.29 is 12.8 Å². The molecule has 0 radical (unpaired) electrons. The zero-order valence-corrected chi connectivity index (χ0v) is 17.4. The van der Waals surface area contributed by atoms with E-state index in [-0.39, 0.29) is 4.90 Å². The molecule has 0 unspecified atom stereocenters. The molecule has 1 aromatic heterocycles. The highest BCUT2D eigenvalue weighted by atomic mass is 32.2. The topological polar surface area (TPSA) is 69.6 Å². The number of anilines is 2. The molecule has 0 N–H and O–H groups in total. The summed E-state index contributed by atoms with van der Waals surface area (Å²) in [6.45, 7) is 5.48. The number of halogens is 1. The summed E-state index contributed by atoms with van der Waals surface area (Å²) in [7, 11) is -3.84. The number of aryl methyl sites for hydroxylation is 1. The minimum Gasteiger partial charge on any atom is -0.354 e. The molecular weight excluding hydrogens is 393 g/mol. The van der Waals surface area contributed by atoms with Gasteiger partial charge in [-0.2, -0.15) is 9.29 Å². The van der Waals surface area contributed by atoms with Gasteiger partial charge in [-0.3, -0.25) is 0 Å². The molecule has 0 spiro atoms. The van der Waals surface area contributed by atoms with Crippen molar-refractivity contribution in [1.82, 2.24) is 14.3 Å². The molecule has 2 aliphatic rings. The summed E-state index contributed by atoms with van der Waals surface area (Å²) in [4.78, 5) is 13.4. The molecule has 1 aromatic carbocycles. The van der Waals surface area contributed by atoms with Crippen molar-refractivity contribution in [1.29, 1.82) is 0 Å². The molecule has 0 saturated carbocycles. The Morgan fingerprint density at radius 3 is 2.28 bits per heavy atom. The van der Waals surface area contributed by atoms with Crippen LogP contribution in [-0.2, 0) is 10.0 Å². The number of rotatable bonds is 4. The van der Waals surface area contributed by atoms with Gasteiger partial charge in [0.2, 0.25) is 16.0 Å². The predicted octanol–water partition coefficient (Wildman–Crippen LogP) is 2.43. The van der Waals surface area contributed by atoms with Crippen LogP contribution in [0.25, 0.3) is 0 Å². The number of hydrogen-bond acceptors (Lipinski definition) is 6. The van der Waals surface area contributed by atoms with Crippen molar-refractivity contribution in [3.8, 4) is 0 Å². The van der Waals surface area contributed by atoms with Crippen LogP contribution in [0, 0.1) is 12.7 Å². The minimum atomic E-state index is -3.84. The fraction of sp³-hybridized carbons (Fsp3) is 0.500. The number of sulfonamides is 1. The molecule has 0 aliphatic carbocycles. The van der Waals surface area contributed by atoms with Gasteiger partial charge in [0.15, 0.2) is 0 Å². The monoisotopic (exact) mass is 419 g/mol. The quantitative estimate of drug-likeness (QED) is 0.758. The van der Waals surface area contributed by atoms with E-state index in [1.807, 2.05) is 13.0 Å². The molecule has 2 fully saturated rings. The lowest BCUT2D eigenvalue weighted by Gasteiger charge is -2.35. The van der Waals surface area contributed by atoms with Crippen LogP contribution in [0.4, 0.5) is 16.2 Å². The molecule has 0 atom stereocenters. The zero-order valence-electron chi connectivity index (χ0n) is 16.6. The fourth-order valence-electron chi connectivity index (χ4n) is 3.88. The van der Waals surface area contributed by atoms with Crippen LogP contribution in [0.3, 0.4) is 0 Å². The Morgan fingerprint density at radius 1 is 0.897 bits per heavy atom. The van der Waals surface area contributed by atoms with Gasteiger partial charge in [0, 0.05) is 51.0 Å². The van der Waals surface area contributed by atoms with E-state index in [2.05, 4.69) is 14.8 Å². The van der Waals surface area contributed by atoms with Gasteiger partial charge in [-0.05, 0) is 38.3 Å². The highest BCUT2D eigenvalue weighted by Gasteiger charge is 2.31. The molecule has 3 heterocycles. The van der Waals surface area contributed by atoms with Crippen LogP contribution < -0.4 is 9.80 Å². The molecule has 0 amide bonds. The van der Waals surface area contributed by atoms with E-state index in [0.717, 1.165) is 43.4 Å². The van der Waals surface area contributed by atoms with Gasteiger partial charge in [0.1, 0.15) is 16.5 Å². The molecule has 2 aromatic rings. The first-order valence-electron chi connectivity index (χ1n) is 10.1. The van der Waals surface area contributed by atoms with Crippen molar-refractivity contribution in [2.45, 2.75) is 31.1 Å². The first-order valence-corrected chi connectivity index (χ1v) is 11.5. The highest BCUT2D eigenvalue weighted by Crippen LogP contribution is 2.24. The van der Waals surface area contributed by atoms with Crippen molar-refractivity contribution >= 4 is 21.8 Å². The van der Waals surface area contributed by atoms with E-state index >= 15 is 0 Å². The molecule has 7 nitrogen and oxygen atoms in total. The maximum atomic E-state index is 14.0. The first-order chi connectivity index (χ1) is 13.9. The van der Waals surface area contributed by atoms with E-state index in [0.29, 0.717) is 26.2 Å². The van der Waals surface area contributed by atoms with Gasteiger partial charge in [-0.15, -0.1) is 0 Å². The lowest BCUT2D eigenvalue weighted by atomic mass is 10.1. The Kier molecular flexibility index (Phi) is 5.69. The Labute approximate surface area is 171 Å².